The quantitative estimate of drug-likeness (QED) is 0.869. The van der Waals surface area contributed by atoms with Crippen LogP contribution >= 0.6 is 22.6 Å². The molecule has 0 radical (unpaired) electrons. The lowest BCUT2D eigenvalue weighted by Crippen LogP contribution is -2.09. The van der Waals surface area contributed by atoms with Crippen LogP contribution in [0, 0.1) is 9.39 Å². The van der Waals surface area contributed by atoms with Crippen molar-refractivity contribution in [3.8, 4) is 0 Å². The number of hydrogen-bond acceptors (Lipinski definition) is 3. The van der Waals surface area contributed by atoms with Gasteiger partial charge in [0.2, 0.25) is 5.95 Å². The summed E-state index contributed by atoms with van der Waals surface area (Å²) in [5.41, 5.74) is 0.868. The third-order valence-corrected chi connectivity index (χ3v) is 2.87. The number of nitrogens with one attached hydrogen (secondary N) is 1. The number of halogens is 2. The maximum atomic E-state index is 13.1. The Kier molecular flexibility index (Phi) is 3.88. The van der Waals surface area contributed by atoms with Crippen LogP contribution < -0.4 is 5.32 Å². The van der Waals surface area contributed by atoms with E-state index in [1.807, 2.05) is 13.0 Å². The second-order valence-electron chi connectivity index (χ2n) is 3.65. The van der Waals surface area contributed by atoms with E-state index in [-0.39, 0.29) is 11.9 Å². The Balaban J connectivity index is 2.11. The van der Waals surface area contributed by atoms with Crippen LogP contribution in [0.15, 0.2) is 36.7 Å². The normalized spacial score (nSPS) is 12.2. The van der Waals surface area contributed by atoms with Crippen LogP contribution in [0.4, 0.5) is 10.3 Å². The van der Waals surface area contributed by atoms with Gasteiger partial charge in [-0.1, -0.05) is 12.1 Å². The lowest BCUT2D eigenvalue weighted by atomic mass is 10.1. The lowest BCUT2D eigenvalue weighted by Gasteiger charge is -2.13. The van der Waals surface area contributed by atoms with Gasteiger partial charge < -0.3 is 5.32 Å². The summed E-state index contributed by atoms with van der Waals surface area (Å²) in [5.74, 6) is 0.307. The van der Waals surface area contributed by atoms with Gasteiger partial charge in [0.25, 0.3) is 0 Å². The van der Waals surface area contributed by atoms with E-state index in [0.717, 1.165) is 9.13 Å². The summed E-state index contributed by atoms with van der Waals surface area (Å²) < 4.78 is 14.0. The van der Waals surface area contributed by atoms with Crippen molar-refractivity contribution >= 4 is 28.5 Å². The molecule has 0 saturated carbocycles. The SMILES string of the molecule is CC(Nc1ncc(I)cn1)c1cccc(F)c1. The molecule has 5 heteroatoms. The van der Waals surface area contributed by atoms with Gasteiger partial charge in [0, 0.05) is 16.0 Å². The first kappa shape index (κ1) is 12.2. The highest BCUT2D eigenvalue weighted by molar-refractivity contribution is 14.1. The van der Waals surface area contributed by atoms with Crippen molar-refractivity contribution in [1.29, 1.82) is 0 Å². The summed E-state index contributed by atoms with van der Waals surface area (Å²) in [6.07, 6.45) is 3.46. The topological polar surface area (TPSA) is 37.8 Å². The molecule has 0 spiro atoms. The minimum Gasteiger partial charge on any atom is -0.348 e. The van der Waals surface area contributed by atoms with Crippen LogP contribution in [-0.2, 0) is 0 Å². The highest BCUT2D eigenvalue weighted by atomic mass is 127. The lowest BCUT2D eigenvalue weighted by molar-refractivity contribution is 0.623. The van der Waals surface area contributed by atoms with E-state index in [2.05, 4.69) is 37.9 Å². The molecule has 1 aromatic heterocycles. The molecule has 1 N–H and O–H groups in total. The molecule has 2 rings (SSSR count). The Hall–Kier alpha value is -1.24. The number of rotatable bonds is 3. The molecule has 1 atom stereocenters. The minimum atomic E-state index is -0.236. The standard InChI is InChI=1S/C12H11FIN3/c1-8(9-3-2-4-10(13)5-9)17-12-15-6-11(14)7-16-12/h2-8H,1H3,(H,15,16,17). The second kappa shape index (κ2) is 5.39. The van der Waals surface area contributed by atoms with E-state index in [1.54, 1.807) is 18.5 Å². The molecule has 0 amide bonds. The molecule has 0 aliphatic rings. The zero-order valence-corrected chi connectivity index (χ0v) is 11.3. The van der Waals surface area contributed by atoms with E-state index in [0.29, 0.717) is 5.95 Å². The second-order valence-corrected chi connectivity index (χ2v) is 4.89. The van der Waals surface area contributed by atoms with Gasteiger partial charge in [0.15, 0.2) is 0 Å². The van der Waals surface area contributed by atoms with E-state index in [4.69, 9.17) is 0 Å². The van der Waals surface area contributed by atoms with Crippen LogP contribution in [0.3, 0.4) is 0 Å². The van der Waals surface area contributed by atoms with Crippen LogP contribution in [0.5, 0.6) is 0 Å². The fraction of sp³-hybridized carbons (Fsp3) is 0.167. The zero-order valence-electron chi connectivity index (χ0n) is 9.19. The van der Waals surface area contributed by atoms with Gasteiger partial charge in [-0.3, -0.25) is 0 Å². The molecule has 0 saturated heterocycles. The largest absolute Gasteiger partial charge is 0.348 e. The van der Waals surface area contributed by atoms with Crippen LogP contribution in [0.1, 0.15) is 18.5 Å². The van der Waals surface area contributed by atoms with Gasteiger partial charge in [0.1, 0.15) is 5.82 Å². The number of aromatic nitrogens is 2. The Morgan fingerprint density at radius 3 is 2.65 bits per heavy atom. The molecule has 17 heavy (non-hydrogen) atoms. The van der Waals surface area contributed by atoms with Gasteiger partial charge in [-0.05, 0) is 47.2 Å². The first-order chi connectivity index (χ1) is 8.15. The van der Waals surface area contributed by atoms with Gasteiger partial charge in [0.05, 0.1) is 6.04 Å². The van der Waals surface area contributed by atoms with E-state index in [9.17, 15) is 4.39 Å². The number of anilines is 1. The van der Waals surface area contributed by atoms with E-state index >= 15 is 0 Å². The number of benzene rings is 1. The highest BCUT2D eigenvalue weighted by Gasteiger charge is 2.07. The maximum Gasteiger partial charge on any atom is 0.223 e. The molecule has 0 aliphatic heterocycles. The van der Waals surface area contributed by atoms with Crippen LogP contribution in [0.2, 0.25) is 0 Å². The molecule has 88 valence electrons. The molecule has 1 heterocycles. The van der Waals surface area contributed by atoms with Crippen molar-refractivity contribution < 1.29 is 4.39 Å². The van der Waals surface area contributed by atoms with Gasteiger partial charge in [-0.15, -0.1) is 0 Å². The first-order valence-electron chi connectivity index (χ1n) is 5.14. The van der Waals surface area contributed by atoms with Crippen LogP contribution in [0.25, 0.3) is 0 Å². The number of nitrogens with zero attached hydrogens (tertiary/aromatic N) is 2. The summed E-state index contributed by atoms with van der Waals surface area (Å²) >= 11 is 2.14. The maximum absolute atomic E-state index is 13.1. The Bertz CT molecular complexity index is 501. The van der Waals surface area contributed by atoms with Crippen molar-refractivity contribution in [3.05, 3.63) is 51.6 Å². The zero-order chi connectivity index (χ0) is 12.3. The van der Waals surface area contributed by atoms with Gasteiger partial charge in [-0.2, -0.15) is 0 Å². The number of hydrogen-bond donors (Lipinski definition) is 1. The molecule has 1 aromatic carbocycles. The molecule has 2 aromatic rings. The molecular formula is C12H11FIN3. The molecule has 0 bridgehead atoms. The summed E-state index contributed by atoms with van der Waals surface area (Å²) in [5, 5.41) is 3.12. The van der Waals surface area contributed by atoms with Crippen molar-refractivity contribution in [3.63, 3.8) is 0 Å². The smallest absolute Gasteiger partial charge is 0.223 e. The van der Waals surface area contributed by atoms with Crippen LogP contribution in [-0.4, -0.2) is 9.97 Å². The van der Waals surface area contributed by atoms with E-state index in [1.165, 1.54) is 12.1 Å². The van der Waals surface area contributed by atoms with Gasteiger partial charge >= 0.3 is 0 Å². The highest BCUT2D eigenvalue weighted by Crippen LogP contribution is 2.17. The molecule has 3 nitrogen and oxygen atoms in total. The van der Waals surface area contributed by atoms with Crippen molar-refractivity contribution in [2.75, 3.05) is 5.32 Å². The molecule has 0 fully saturated rings. The average Bonchev–Trinajstić information content (AvgIpc) is 2.32. The van der Waals surface area contributed by atoms with Crippen molar-refractivity contribution in [2.24, 2.45) is 0 Å². The van der Waals surface area contributed by atoms with Crippen molar-refractivity contribution in [1.82, 2.24) is 9.97 Å². The summed E-state index contributed by atoms with van der Waals surface area (Å²) in [6.45, 7) is 1.94. The fourth-order valence-electron chi connectivity index (χ4n) is 1.44. The molecular weight excluding hydrogens is 332 g/mol. The predicted molar refractivity (Wildman–Crippen MR) is 73.2 cm³/mol. The van der Waals surface area contributed by atoms with Crippen molar-refractivity contribution in [2.45, 2.75) is 13.0 Å². The Morgan fingerprint density at radius 2 is 2.00 bits per heavy atom. The monoisotopic (exact) mass is 343 g/mol. The fourth-order valence-corrected chi connectivity index (χ4v) is 1.72. The Labute approximate surface area is 113 Å². The summed E-state index contributed by atoms with van der Waals surface area (Å²) in [6, 6.07) is 6.46. The minimum absolute atomic E-state index is 0.0363. The molecule has 1 unspecified atom stereocenters. The van der Waals surface area contributed by atoms with E-state index < -0.39 is 0 Å². The summed E-state index contributed by atoms with van der Waals surface area (Å²) in [4.78, 5) is 8.29. The average molecular weight is 343 g/mol. The molecule has 0 aliphatic carbocycles. The van der Waals surface area contributed by atoms with Gasteiger partial charge in [-0.25, -0.2) is 14.4 Å². The summed E-state index contributed by atoms with van der Waals surface area (Å²) in [7, 11) is 0. The Morgan fingerprint density at radius 1 is 1.29 bits per heavy atom. The third-order valence-electron chi connectivity index (χ3n) is 2.31. The predicted octanol–water partition coefficient (Wildman–Crippen LogP) is 3.39. The first-order valence-corrected chi connectivity index (χ1v) is 6.22. The third kappa shape index (κ3) is 3.36.